The zero-order chi connectivity index (χ0) is 13.9. The predicted molar refractivity (Wildman–Crippen MR) is 71.2 cm³/mol. The van der Waals surface area contributed by atoms with Crippen LogP contribution >= 0.6 is 0 Å². The number of hydrogen-bond acceptors (Lipinski definition) is 4. The largest absolute Gasteiger partial charge is 0.444 e. The lowest BCUT2D eigenvalue weighted by Gasteiger charge is -2.22. The molecule has 1 heterocycles. The van der Waals surface area contributed by atoms with Gasteiger partial charge in [0.05, 0.1) is 6.04 Å². The average Bonchev–Trinajstić information content (AvgIpc) is 2.13. The summed E-state index contributed by atoms with van der Waals surface area (Å²) < 4.78 is 5.20. The third-order valence-corrected chi connectivity index (χ3v) is 2.35. The molecule has 1 aromatic rings. The standard InChI is InChI=1S/C13H21N3O2/c1-8-10(6-7-11(14)15-8)9(2)16-12(17)18-13(3,4)5/h6-7,9H,1-5H3,(H2,14,15)(H,16,17). The fraction of sp³-hybridized carbons (Fsp3) is 0.538. The number of hydrogen-bond donors (Lipinski definition) is 2. The fourth-order valence-corrected chi connectivity index (χ4v) is 1.61. The minimum Gasteiger partial charge on any atom is -0.444 e. The van der Waals surface area contributed by atoms with E-state index in [-0.39, 0.29) is 6.04 Å². The van der Waals surface area contributed by atoms with Gasteiger partial charge in [0.1, 0.15) is 11.4 Å². The van der Waals surface area contributed by atoms with Crippen LogP contribution in [0.25, 0.3) is 0 Å². The number of nitrogens with zero attached hydrogens (tertiary/aromatic N) is 1. The highest BCUT2D eigenvalue weighted by Crippen LogP contribution is 2.17. The summed E-state index contributed by atoms with van der Waals surface area (Å²) in [5.41, 5.74) is 6.82. The molecule has 100 valence electrons. The normalized spacial score (nSPS) is 12.9. The van der Waals surface area contributed by atoms with E-state index in [1.807, 2.05) is 40.7 Å². The second kappa shape index (κ2) is 5.25. The Balaban J connectivity index is 2.71. The molecule has 0 radical (unpaired) electrons. The number of carbonyl (C=O) groups is 1. The van der Waals surface area contributed by atoms with Crippen LogP contribution in [0.15, 0.2) is 12.1 Å². The minimum absolute atomic E-state index is 0.173. The van der Waals surface area contributed by atoms with E-state index in [0.717, 1.165) is 11.3 Å². The quantitative estimate of drug-likeness (QED) is 0.846. The first kappa shape index (κ1) is 14.3. The van der Waals surface area contributed by atoms with Crippen molar-refractivity contribution in [1.29, 1.82) is 0 Å². The van der Waals surface area contributed by atoms with Gasteiger partial charge in [-0.05, 0) is 46.2 Å². The van der Waals surface area contributed by atoms with Crippen LogP contribution in [0.4, 0.5) is 10.6 Å². The monoisotopic (exact) mass is 251 g/mol. The maximum absolute atomic E-state index is 11.6. The van der Waals surface area contributed by atoms with Gasteiger partial charge in [-0.15, -0.1) is 0 Å². The Morgan fingerprint density at radius 2 is 2.06 bits per heavy atom. The number of nitrogens with two attached hydrogens (primary N) is 1. The topological polar surface area (TPSA) is 77.2 Å². The third-order valence-electron chi connectivity index (χ3n) is 2.35. The molecule has 1 unspecified atom stereocenters. The number of ether oxygens (including phenoxy) is 1. The molecule has 0 fully saturated rings. The van der Waals surface area contributed by atoms with E-state index in [4.69, 9.17) is 10.5 Å². The molecule has 3 N–H and O–H groups in total. The third kappa shape index (κ3) is 4.24. The summed E-state index contributed by atoms with van der Waals surface area (Å²) in [5.74, 6) is 0.473. The number of nitrogen functional groups attached to an aromatic ring is 1. The molecule has 0 aliphatic rings. The molecule has 0 aromatic carbocycles. The second-order valence-corrected chi connectivity index (χ2v) is 5.28. The number of rotatable bonds is 2. The summed E-state index contributed by atoms with van der Waals surface area (Å²) >= 11 is 0. The van der Waals surface area contributed by atoms with Crippen LogP contribution in [0.2, 0.25) is 0 Å². The summed E-state index contributed by atoms with van der Waals surface area (Å²) in [5, 5.41) is 2.77. The summed E-state index contributed by atoms with van der Waals surface area (Å²) in [4.78, 5) is 15.8. The van der Waals surface area contributed by atoms with Crippen LogP contribution in [0, 0.1) is 6.92 Å². The van der Waals surface area contributed by atoms with Gasteiger partial charge in [0, 0.05) is 5.69 Å². The van der Waals surface area contributed by atoms with Gasteiger partial charge in [0.25, 0.3) is 0 Å². The molecule has 18 heavy (non-hydrogen) atoms. The van der Waals surface area contributed by atoms with E-state index < -0.39 is 11.7 Å². The lowest BCUT2D eigenvalue weighted by atomic mass is 10.1. The molecule has 1 atom stereocenters. The van der Waals surface area contributed by atoms with E-state index in [1.54, 1.807) is 6.07 Å². The maximum Gasteiger partial charge on any atom is 0.408 e. The van der Waals surface area contributed by atoms with E-state index >= 15 is 0 Å². The number of nitrogens with one attached hydrogen (secondary N) is 1. The van der Waals surface area contributed by atoms with Gasteiger partial charge < -0.3 is 15.8 Å². The molecule has 1 amide bonds. The van der Waals surface area contributed by atoms with Crippen molar-refractivity contribution >= 4 is 11.9 Å². The van der Waals surface area contributed by atoms with Crippen molar-refractivity contribution in [1.82, 2.24) is 10.3 Å². The number of anilines is 1. The van der Waals surface area contributed by atoms with Gasteiger partial charge in [-0.2, -0.15) is 0 Å². The molecular formula is C13H21N3O2. The number of alkyl carbamates (subject to hydrolysis) is 1. The Hall–Kier alpha value is -1.78. The zero-order valence-electron chi connectivity index (χ0n) is 11.6. The fourth-order valence-electron chi connectivity index (χ4n) is 1.61. The highest BCUT2D eigenvalue weighted by molar-refractivity contribution is 5.68. The molecule has 0 bridgehead atoms. The van der Waals surface area contributed by atoms with Crippen LogP contribution < -0.4 is 11.1 Å². The Morgan fingerprint density at radius 3 is 2.56 bits per heavy atom. The molecule has 0 saturated heterocycles. The Kier molecular flexibility index (Phi) is 4.16. The SMILES string of the molecule is Cc1nc(N)ccc1C(C)NC(=O)OC(C)(C)C. The molecule has 0 aliphatic heterocycles. The van der Waals surface area contributed by atoms with Gasteiger partial charge in [-0.25, -0.2) is 9.78 Å². The molecule has 0 aliphatic carbocycles. The molecule has 5 nitrogen and oxygen atoms in total. The maximum atomic E-state index is 11.6. The Bertz CT molecular complexity index is 438. The van der Waals surface area contributed by atoms with Crippen LogP contribution in [-0.4, -0.2) is 16.7 Å². The summed E-state index contributed by atoms with van der Waals surface area (Å²) in [6.07, 6.45) is -0.439. The Labute approximate surface area is 108 Å². The van der Waals surface area contributed by atoms with Crippen LogP contribution in [0.5, 0.6) is 0 Å². The van der Waals surface area contributed by atoms with Gasteiger partial charge in [0.2, 0.25) is 0 Å². The number of aryl methyl sites for hydroxylation is 1. The minimum atomic E-state index is -0.502. The average molecular weight is 251 g/mol. The Morgan fingerprint density at radius 1 is 1.44 bits per heavy atom. The van der Waals surface area contributed by atoms with Crippen LogP contribution in [0.3, 0.4) is 0 Å². The smallest absolute Gasteiger partial charge is 0.408 e. The van der Waals surface area contributed by atoms with E-state index in [0.29, 0.717) is 5.82 Å². The lowest BCUT2D eigenvalue weighted by Crippen LogP contribution is -2.34. The highest BCUT2D eigenvalue weighted by atomic mass is 16.6. The van der Waals surface area contributed by atoms with Crippen molar-refractivity contribution in [2.75, 3.05) is 5.73 Å². The van der Waals surface area contributed by atoms with Crippen LogP contribution in [-0.2, 0) is 4.74 Å². The highest BCUT2D eigenvalue weighted by Gasteiger charge is 2.19. The zero-order valence-corrected chi connectivity index (χ0v) is 11.6. The predicted octanol–water partition coefficient (Wildman–Crippen LogP) is 2.56. The van der Waals surface area contributed by atoms with Crippen molar-refractivity contribution in [3.8, 4) is 0 Å². The van der Waals surface area contributed by atoms with Crippen molar-refractivity contribution in [2.24, 2.45) is 0 Å². The first-order chi connectivity index (χ1) is 8.19. The van der Waals surface area contributed by atoms with E-state index in [1.165, 1.54) is 0 Å². The number of aromatic nitrogens is 1. The molecular weight excluding hydrogens is 230 g/mol. The summed E-state index contributed by atoms with van der Waals surface area (Å²) in [6.45, 7) is 9.22. The molecule has 0 saturated carbocycles. The lowest BCUT2D eigenvalue weighted by molar-refractivity contribution is 0.0508. The van der Waals surface area contributed by atoms with Crippen molar-refractivity contribution in [2.45, 2.75) is 46.3 Å². The number of amides is 1. The van der Waals surface area contributed by atoms with Gasteiger partial charge in [-0.3, -0.25) is 0 Å². The molecule has 1 rings (SSSR count). The number of pyridine rings is 1. The van der Waals surface area contributed by atoms with Crippen molar-refractivity contribution in [3.05, 3.63) is 23.4 Å². The molecule has 1 aromatic heterocycles. The number of carbonyl (C=O) groups excluding carboxylic acids is 1. The second-order valence-electron chi connectivity index (χ2n) is 5.28. The van der Waals surface area contributed by atoms with Crippen molar-refractivity contribution < 1.29 is 9.53 Å². The molecule has 5 heteroatoms. The van der Waals surface area contributed by atoms with Crippen molar-refractivity contribution in [3.63, 3.8) is 0 Å². The first-order valence-electron chi connectivity index (χ1n) is 5.91. The van der Waals surface area contributed by atoms with Crippen LogP contribution in [0.1, 0.15) is 45.0 Å². The summed E-state index contributed by atoms with van der Waals surface area (Å²) in [6, 6.07) is 3.41. The van der Waals surface area contributed by atoms with Gasteiger partial charge >= 0.3 is 6.09 Å². The van der Waals surface area contributed by atoms with E-state index in [9.17, 15) is 4.79 Å². The summed E-state index contributed by atoms with van der Waals surface area (Å²) in [7, 11) is 0. The van der Waals surface area contributed by atoms with Gasteiger partial charge in [-0.1, -0.05) is 6.07 Å². The first-order valence-corrected chi connectivity index (χ1v) is 5.91. The van der Waals surface area contributed by atoms with Gasteiger partial charge in [0.15, 0.2) is 0 Å². The van der Waals surface area contributed by atoms with E-state index in [2.05, 4.69) is 10.3 Å². The molecule has 0 spiro atoms.